The van der Waals surface area contributed by atoms with Crippen LogP contribution in [0.4, 0.5) is 0 Å². The van der Waals surface area contributed by atoms with Gasteiger partial charge >= 0.3 is 11.9 Å². The molecule has 1 amide bonds. The number of piperidine rings is 1. The smallest absolute Gasteiger partial charge is 0.308 e. The second-order valence-electron chi connectivity index (χ2n) is 12.6. The van der Waals surface area contributed by atoms with Gasteiger partial charge in [-0.2, -0.15) is 0 Å². The molecule has 1 saturated heterocycles. The van der Waals surface area contributed by atoms with E-state index in [-0.39, 0.29) is 41.8 Å². The standard InChI is InChI=1S/C29H50N2O6/c1-9-10-11-12-13-14-30-17-20(16-23(33)37-28(3,4)5)26(34)31-18-21-24(29(21,6)7)25(31)22(32)15-19(2)27(35)36-8/h19-21,24-25,30H,9-18H2,1-8H3/t19-,20+,21+,24+,25-/m1/s1. The van der Waals surface area contributed by atoms with E-state index in [0.29, 0.717) is 13.1 Å². The highest BCUT2D eigenvalue weighted by Gasteiger charge is 2.69. The predicted molar refractivity (Wildman–Crippen MR) is 143 cm³/mol. The number of esters is 2. The lowest BCUT2D eigenvalue weighted by molar-refractivity contribution is -0.159. The lowest BCUT2D eigenvalue weighted by Gasteiger charge is -2.33. The number of hydrogen-bond donors (Lipinski definition) is 1. The molecule has 8 heteroatoms. The Labute approximate surface area is 223 Å². The molecular formula is C29H50N2O6. The van der Waals surface area contributed by atoms with Gasteiger partial charge in [-0.3, -0.25) is 19.2 Å². The zero-order valence-corrected chi connectivity index (χ0v) is 24.4. The van der Waals surface area contributed by atoms with Gasteiger partial charge in [0, 0.05) is 19.5 Å². The molecule has 0 aromatic carbocycles. The molecule has 0 bridgehead atoms. The number of ether oxygens (including phenoxy) is 2. The van der Waals surface area contributed by atoms with Crippen LogP contribution in [-0.2, 0) is 28.7 Å². The molecule has 1 heterocycles. The molecule has 37 heavy (non-hydrogen) atoms. The minimum atomic E-state index is -0.640. The molecule has 1 N–H and O–H groups in total. The third kappa shape index (κ3) is 8.52. The first kappa shape index (κ1) is 31.3. The van der Waals surface area contributed by atoms with Crippen LogP contribution >= 0.6 is 0 Å². The maximum absolute atomic E-state index is 13.9. The summed E-state index contributed by atoms with van der Waals surface area (Å²) >= 11 is 0. The van der Waals surface area contributed by atoms with Crippen molar-refractivity contribution in [2.24, 2.45) is 29.1 Å². The molecule has 2 aliphatic rings. The maximum atomic E-state index is 13.9. The number of nitrogens with one attached hydrogen (secondary N) is 1. The number of unbranched alkanes of at least 4 members (excludes halogenated alkanes) is 4. The molecular weight excluding hydrogens is 472 g/mol. The topological polar surface area (TPSA) is 102 Å². The van der Waals surface area contributed by atoms with Crippen molar-refractivity contribution < 1.29 is 28.7 Å². The Balaban J connectivity index is 2.13. The van der Waals surface area contributed by atoms with Crippen LogP contribution < -0.4 is 5.32 Å². The highest BCUT2D eigenvalue weighted by Crippen LogP contribution is 2.65. The summed E-state index contributed by atoms with van der Waals surface area (Å²) in [4.78, 5) is 53.6. The Kier molecular flexibility index (Phi) is 11.2. The van der Waals surface area contributed by atoms with E-state index < -0.39 is 35.4 Å². The molecule has 8 nitrogen and oxygen atoms in total. The second-order valence-corrected chi connectivity index (χ2v) is 12.6. The highest BCUT2D eigenvalue weighted by molar-refractivity contribution is 5.94. The largest absolute Gasteiger partial charge is 0.469 e. The zero-order valence-electron chi connectivity index (χ0n) is 24.4. The molecule has 1 aliphatic carbocycles. The van der Waals surface area contributed by atoms with Gasteiger partial charge in [-0.1, -0.05) is 53.4 Å². The third-order valence-electron chi connectivity index (χ3n) is 7.96. The van der Waals surface area contributed by atoms with Crippen LogP contribution in [0.3, 0.4) is 0 Å². The van der Waals surface area contributed by atoms with Gasteiger partial charge in [0.05, 0.1) is 31.4 Å². The van der Waals surface area contributed by atoms with Crippen LogP contribution in [0.2, 0.25) is 0 Å². The summed E-state index contributed by atoms with van der Waals surface area (Å²) in [5, 5.41) is 3.37. The van der Waals surface area contributed by atoms with Crippen molar-refractivity contribution in [1.82, 2.24) is 10.2 Å². The Morgan fingerprint density at radius 1 is 1.05 bits per heavy atom. The molecule has 0 aromatic rings. The number of likely N-dealkylation sites (tertiary alicyclic amines) is 1. The molecule has 0 aromatic heterocycles. The average molecular weight is 523 g/mol. The molecule has 2 rings (SSSR count). The quantitative estimate of drug-likeness (QED) is 0.255. The van der Waals surface area contributed by atoms with Crippen LogP contribution in [-0.4, -0.2) is 66.9 Å². The number of Topliss-reactive ketones (excluding diaryl/α,β-unsaturated/α-hetero) is 1. The summed E-state index contributed by atoms with van der Waals surface area (Å²) in [5.74, 6) is -2.00. The van der Waals surface area contributed by atoms with Crippen molar-refractivity contribution in [3.63, 3.8) is 0 Å². The first-order valence-electron chi connectivity index (χ1n) is 14.1. The number of ketones is 1. The number of amides is 1. The van der Waals surface area contributed by atoms with E-state index in [9.17, 15) is 19.2 Å². The van der Waals surface area contributed by atoms with E-state index in [1.54, 1.807) is 11.8 Å². The Bertz CT molecular complexity index is 818. The monoisotopic (exact) mass is 522 g/mol. The highest BCUT2D eigenvalue weighted by atomic mass is 16.6. The molecule has 0 spiro atoms. The fourth-order valence-electron chi connectivity index (χ4n) is 5.79. The summed E-state index contributed by atoms with van der Waals surface area (Å²) in [5.41, 5.74) is -0.664. The van der Waals surface area contributed by atoms with Crippen LogP contribution in [0.25, 0.3) is 0 Å². The number of rotatable bonds is 15. The number of nitrogens with zero attached hydrogens (tertiary/aromatic N) is 1. The Morgan fingerprint density at radius 2 is 1.70 bits per heavy atom. The summed E-state index contributed by atoms with van der Waals surface area (Å²) in [6.07, 6.45) is 5.75. The zero-order chi connectivity index (χ0) is 28.0. The lowest BCUT2D eigenvalue weighted by atomic mass is 9.92. The van der Waals surface area contributed by atoms with Crippen LogP contribution in [0.15, 0.2) is 0 Å². The van der Waals surface area contributed by atoms with Crippen molar-refractivity contribution in [1.29, 1.82) is 0 Å². The van der Waals surface area contributed by atoms with E-state index >= 15 is 0 Å². The SMILES string of the molecule is CCCCCCCNC[C@H](CC(=O)OC(C)(C)C)C(=O)N1C[C@H]2[C@@H]([C@H]1C(=O)C[C@@H](C)C(=O)OC)C2(C)C. The van der Waals surface area contributed by atoms with E-state index in [0.717, 1.165) is 19.4 Å². The van der Waals surface area contributed by atoms with Crippen molar-refractivity contribution >= 4 is 23.6 Å². The predicted octanol–water partition coefficient (Wildman–Crippen LogP) is 4.15. The van der Waals surface area contributed by atoms with Crippen molar-refractivity contribution in [2.75, 3.05) is 26.7 Å². The lowest BCUT2D eigenvalue weighted by Crippen LogP contribution is -2.50. The first-order valence-corrected chi connectivity index (χ1v) is 14.1. The van der Waals surface area contributed by atoms with Gasteiger partial charge in [-0.25, -0.2) is 0 Å². The van der Waals surface area contributed by atoms with E-state index in [4.69, 9.17) is 9.47 Å². The fourth-order valence-corrected chi connectivity index (χ4v) is 5.79. The van der Waals surface area contributed by atoms with Crippen LogP contribution in [0, 0.1) is 29.1 Å². The number of methoxy groups -OCH3 is 1. The summed E-state index contributed by atoms with van der Waals surface area (Å²) in [6, 6.07) is -0.574. The van der Waals surface area contributed by atoms with E-state index in [1.807, 2.05) is 20.8 Å². The normalized spacial score (nSPS) is 23.7. The van der Waals surface area contributed by atoms with E-state index in [1.165, 1.54) is 26.4 Å². The molecule has 2 fully saturated rings. The fraction of sp³-hybridized carbons (Fsp3) is 0.862. The minimum absolute atomic E-state index is 0.0248. The summed E-state index contributed by atoms with van der Waals surface area (Å²) < 4.78 is 10.3. The van der Waals surface area contributed by atoms with Crippen molar-refractivity contribution in [3.8, 4) is 0 Å². The van der Waals surface area contributed by atoms with Crippen molar-refractivity contribution in [3.05, 3.63) is 0 Å². The summed E-state index contributed by atoms with van der Waals surface area (Å²) in [7, 11) is 1.31. The molecule has 0 unspecified atom stereocenters. The number of carbonyl (C=O) groups excluding carboxylic acids is 4. The molecule has 1 saturated carbocycles. The summed E-state index contributed by atoms with van der Waals surface area (Å²) in [6.45, 7) is 15.2. The third-order valence-corrected chi connectivity index (χ3v) is 7.96. The van der Waals surface area contributed by atoms with Crippen molar-refractivity contribution in [2.45, 2.75) is 105 Å². The minimum Gasteiger partial charge on any atom is -0.469 e. The van der Waals surface area contributed by atoms with E-state index in [2.05, 4.69) is 26.1 Å². The van der Waals surface area contributed by atoms with Gasteiger partial charge in [-0.15, -0.1) is 0 Å². The number of hydrogen-bond acceptors (Lipinski definition) is 7. The first-order chi connectivity index (χ1) is 17.2. The van der Waals surface area contributed by atoms with Crippen LogP contribution in [0.5, 0.6) is 0 Å². The van der Waals surface area contributed by atoms with Crippen LogP contribution in [0.1, 0.15) is 93.4 Å². The second kappa shape index (κ2) is 13.2. The Hall–Kier alpha value is -1.96. The Morgan fingerprint density at radius 3 is 2.30 bits per heavy atom. The van der Waals surface area contributed by atoms with Gasteiger partial charge in [0.1, 0.15) is 5.60 Å². The van der Waals surface area contributed by atoms with Gasteiger partial charge < -0.3 is 19.7 Å². The van der Waals surface area contributed by atoms with Gasteiger partial charge in [0.15, 0.2) is 5.78 Å². The molecule has 5 atom stereocenters. The van der Waals surface area contributed by atoms with Gasteiger partial charge in [0.25, 0.3) is 0 Å². The number of fused-ring (bicyclic) bond motifs is 1. The molecule has 0 radical (unpaired) electrons. The maximum Gasteiger partial charge on any atom is 0.308 e. The van der Waals surface area contributed by atoms with Gasteiger partial charge in [-0.05, 0) is 51.0 Å². The molecule has 212 valence electrons. The number of carbonyl (C=O) groups is 4. The molecule has 1 aliphatic heterocycles. The van der Waals surface area contributed by atoms with Gasteiger partial charge in [0.2, 0.25) is 5.91 Å². The average Bonchev–Trinajstić information content (AvgIpc) is 3.14.